The highest BCUT2D eigenvalue weighted by molar-refractivity contribution is 5.80. The van der Waals surface area contributed by atoms with Gasteiger partial charge in [0.2, 0.25) is 0 Å². The Morgan fingerprint density at radius 3 is 2.45 bits per heavy atom. The van der Waals surface area contributed by atoms with Gasteiger partial charge in [-0.15, -0.1) is 0 Å². The molecule has 0 radical (unpaired) electrons. The van der Waals surface area contributed by atoms with E-state index in [0.29, 0.717) is 12.6 Å². The lowest BCUT2D eigenvalue weighted by molar-refractivity contribution is 0.624. The van der Waals surface area contributed by atoms with E-state index in [1.165, 1.54) is 12.1 Å². The second-order valence-corrected chi connectivity index (χ2v) is 7.47. The number of halogens is 1. The smallest absolute Gasteiger partial charge is 0.191 e. The Morgan fingerprint density at radius 2 is 1.79 bits per heavy atom. The number of piperazine rings is 1. The first-order valence-corrected chi connectivity index (χ1v) is 10.3. The molecule has 0 unspecified atom stereocenters. The highest BCUT2D eigenvalue weighted by Gasteiger charge is 2.18. The molecule has 0 amide bonds. The molecule has 0 aliphatic carbocycles. The highest BCUT2D eigenvalue weighted by atomic mass is 19.1. The van der Waals surface area contributed by atoms with Crippen LogP contribution in [0.5, 0.6) is 0 Å². The van der Waals surface area contributed by atoms with Crippen LogP contribution in [0, 0.1) is 5.82 Å². The van der Waals surface area contributed by atoms with Crippen molar-refractivity contribution in [3.8, 4) is 0 Å². The van der Waals surface area contributed by atoms with Crippen LogP contribution in [-0.4, -0.2) is 49.7 Å². The predicted octanol–water partition coefficient (Wildman–Crippen LogP) is 3.01. The molecule has 0 atom stereocenters. The summed E-state index contributed by atoms with van der Waals surface area (Å²) in [5.74, 6) is 1.61. The molecule has 2 N–H and O–H groups in total. The van der Waals surface area contributed by atoms with Gasteiger partial charge < -0.3 is 20.4 Å². The summed E-state index contributed by atoms with van der Waals surface area (Å²) < 4.78 is 13.1. The third-order valence-corrected chi connectivity index (χ3v) is 4.79. The van der Waals surface area contributed by atoms with E-state index in [1.54, 1.807) is 0 Å². The van der Waals surface area contributed by atoms with Crippen molar-refractivity contribution in [1.29, 1.82) is 0 Å². The molecule has 0 saturated carbocycles. The molecule has 1 aromatic carbocycles. The van der Waals surface area contributed by atoms with Crippen molar-refractivity contribution in [2.24, 2.45) is 4.99 Å². The minimum absolute atomic E-state index is 0.197. The summed E-state index contributed by atoms with van der Waals surface area (Å²) in [6.45, 7) is 11.2. The number of nitrogens with one attached hydrogen (secondary N) is 2. The van der Waals surface area contributed by atoms with Crippen LogP contribution in [0.15, 0.2) is 47.6 Å². The molecule has 7 heteroatoms. The van der Waals surface area contributed by atoms with Gasteiger partial charge in [-0.3, -0.25) is 0 Å². The fourth-order valence-electron chi connectivity index (χ4n) is 3.34. The molecule has 1 aliphatic heterocycles. The molecule has 1 aliphatic rings. The SMILES string of the molecule is CCNC(=NCc1ccnc(N2CCN(c3ccc(F)cc3)CC2)c1)NC(C)C. The largest absolute Gasteiger partial charge is 0.368 e. The fourth-order valence-corrected chi connectivity index (χ4v) is 3.34. The minimum atomic E-state index is -0.197. The van der Waals surface area contributed by atoms with Crippen molar-refractivity contribution in [2.75, 3.05) is 42.5 Å². The van der Waals surface area contributed by atoms with Gasteiger partial charge >= 0.3 is 0 Å². The molecule has 1 saturated heterocycles. The number of hydrogen-bond donors (Lipinski definition) is 2. The van der Waals surface area contributed by atoms with Crippen LogP contribution < -0.4 is 20.4 Å². The summed E-state index contributed by atoms with van der Waals surface area (Å²) in [4.78, 5) is 13.8. The molecular weight excluding hydrogens is 367 g/mol. The Bertz CT molecular complexity index is 797. The van der Waals surface area contributed by atoms with Gasteiger partial charge in [-0.1, -0.05) is 0 Å². The number of hydrogen-bond acceptors (Lipinski definition) is 4. The molecule has 0 spiro atoms. The van der Waals surface area contributed by atoms with Crippen molar-refractivity contribution in [3.05, 3.63) is 54.0 Å². The zero-order valence-corrected chi connectivity index (χ0v) is 17.5. The Kier molecular flexibility index (Phi) is 7.27. The zero-order chi connectivity index (χ0) is 20.6. The molecule has 1 aromatic heterocycles. The number of aliphatic imine (C=N–C) groups is 1. The summed E-state index contributed by atoms with van der Waals surface area (Å²) in [6, 6.07) is 11.2. The van der Waals surface area contributed by atoms with Gasteiger partial charge in [0.15, 0.2) is 5.96 Å². The third-order valence-electron chi connectivity index (χ3n) is 4.79. The predicted molar refractivity (Wildman–Crippen MR) is 118 cm³/mol. The maximum absolute atomic E-state index is 13.1. The van der Waals surface area contributed by atoms with Crippen LogP contribution >= 0.6 is 0 Å². The van der Waals surface area contributed by atoms with Gasteiger partial charge in [-0.25, -0.2) is 14.4 Å². The number of rotatable bonds is 6. The first-order valence-electron chi connectivity index (χ1n) is 10.3. The minimum Gasteiger partial charge on any atom is -0.368 e. The van der Waals surface area contributed by atoms with Crippen molar-refractivity contribution in [3.63, 3.8) is 0 Å². The van der Waals surface area contributed by atoms with E-state index in [4.69, 9.17) is 0 Å². The number of pyridine rings is 1. The highest BCUT2D eigenvalue weighted by Crippen LogP contribution is 2.20. The first kappa shape index (κ1) is 20.9. The van der Waals surface area contributed by atoms with Gasteiger partial charge in [0.1, 0.15) is 11.6 Å². The van der Waals surface area contributed by atoms with E-state index in [2.05, 4.69) is 57.2 Å². The van der Waals surface area contributed by atoms with Gasteiger partial charge in [-0.05, 0) is 62.7 Å². The third kappa shape index (κ3) is 6.07. The Labute approximate surface area is 172 Å². The Morgan fingerprint density at radius 1 is 1.10 bits per heavy atom. The second kappa shape index (κ2) is 10.1. The molecule has 29 heavy (non-hydrogen) atoms. The van der Waals surface area contributed by atoms with Crippen molar-refractivity contribution >= 4 is 17.5 Å². The molecular formula is C22H31FN6. The van der Waals surface area contributed by atoms with Gasteiger partial charge in [-0.2, -0.15) is 0 Å². The molecule has 1 fully saturated rings. The normalized spacial score (nSPS) is 15.0. The average molecular weight is 399 g/mol. The Balaban J connectivity index is 1.60. The van der Waals surface area contributed by atoms with E-state index in [9.17, 15) is 4.39 Å². The summed E-state index contributed by atoms with van der Waals surface area (Å²) in [5.41, 5.74) is 2.20. The lowest BCUT2D eigenvalue weighted by Gasteiger charge is -2.36. The van der Waals surface area contributed by atoms with Gasteiger partial charge in [0.05, 0.1) is 6.54 Å². The molecule has 156 valence electrons. The quantitative estimate of drug-likeness (QED) is 0.579. The van der Waals surface area contributed by atoms with E-state index in [-0.39, 0.29) is 5.82 Å². The number of nitrogens with zero attached hydrogens (tertiary/aromatic N) is 4. The average Bonchev–Trinajstić information content (AvgIpc) is 2.73. The van der Waals surface area contributed by atoms with Gasteiger partial charge in [0.25, 0.3) is 0 Å². The van der Waals surface area contributed by atoms with Crippen LogP contribution in [0.4, 0.5) is 15.9 Å². The monoisotopic (exact) mass is 398 g/mol. The van der Waals surface area contributed by atoms with E-state index in [1.807, 2.05) is 24.4 Å². The number of guanidine groups is 1. The van der Waals surface area contributed by atoms with E-state index in [0.717, 1.165) is 55.8 Å². The first-order chi connectivity index (χ1) is 14.0. The van der Waals surface area contributed by atoms with Crippen molar-refractivity contribution in [2.45, 2.75) is 33.4 Å². The van der Waals surface area contributed by atoms with Crippen molar-refractivity contribution < 1.29 is 4.39 Å². The lowest BCUT2D eigenvalue weighted by Crippen LogP contribution is -2.46. The molecule has 0 bridgehead atoms. The van der Waals surface area contributed by atoms with Gasteiger partial charge in [0, 0.05) is 50.6 Å². The summed E-state index contributed by atoms with van der Waals surface area (Å²) in [5, 5.41) is 6.61. The molecule has 6 nitrogen and oxygen atoms in total. The zero-order valence-electron chi connectivity index (χ0n) is 17.5. The number of anilines is 2. The van der Waals surface area contributed by atoms with E-state index < -0.39 is 0 Å². The summed E-state index contributed by atoms with van der Waals surface area (Å²) in [7, 11) is 0. The van der Waals surface area contributed by atoms with Crippen LogP contribution in [-0.2, 0) is 6.54 Å². The number of aromatic nitrogens is 1. The molecule has 3 rings (SSSR count). The topological polar surface area (TPSA) is 55.8 Å². The van der Waals surface area contributed by atoms with Crippen LogP contribution in [0.2, 0.25) is 0 Å². The standard InChI is InChI=1S/C22H31FN6/c1-4-24-22(27-17(2)3)26-16-18-9-10-25-21(15-18)29-13-11-28(12-14-29)20-7-5-19(23)6-8-20/h5-10,15,17H,4,11-14,16H2,1-3H3,(H2,24,26,27). The van der Waals surface area contributed by atoms with Crippen molar-refractivity contribution in [1.82, 2.24) is 15.6 Å². The molecule has 2 heterocycles. The fraction of sp³-hybridized carbons (Fsp3) is 0.455. The maximum atomic E-state index is 13.1. The van der Waals surface area contributed by atoms with Crippen LogP contribution in [0.1, 0.15) is 26.3 Å². The summed E-state index contributed by atoms with van der Waals surface area (Å²) >= 11 is 0. The lowest BCUT2D eigenvalue weighted by atomic mass is 10.2. The second-order valence-electron chi connectivity index (χ2n) is 7.47. The maximum Gasteiger partial charge on any atom is 0.191 e. The molecule has 2 aromatic rings. The van der Waals surface area contributed by atoms with Crippen LogP contribution in [0.3, 0.4) is 0 Å². The number of benzene rings is 1. The summed E-state index contributed by atoms with van der Waals surface area (Å²) in [6.07, 6.45) is 1.86. The Hall–Kier alpha value is -2.83. The van der Waals surface area contributed by atoms with E-state index >= 15 is 0 Å². The van der Waals surface area contributed by atoms with Crippen LogP contribution in [0.25, 0.3) is 0 Å².